The highest BCUT2D eigenvalue weighted by Crippen LogP contribution is 2.30. The molecule has 0 aromatic rings. The Morgan fingerprint density at radius 2 is 0.840 bits per heavy atom. The van der Waals surface area contributed by atoms with E-state index in [-0.39, 0.29) is 137 Å². The average molecular weight is 1360 g/mol. The zero-order chi connectivity index (χ0) is 69.5. The summed E-state index contributed by atoms with van der Waals surface area (Å²) in [5.74, 6) is -5.07. The molecule has 0 radical (unpaired) electrons. The van der Waals surface area contributed by atoms with Gasteiger partial charge in [0.1, 0.15) is 72.9 Å². The monoisotopic (exact) mass is 1360 g/mol. The molecule has 3 saturated heterocycles. The van der Waals surface area contributed by atoms with Crippen molar-refractivity contribution < 1.29 is 132 Å². The SMILES string of the molecule is CC(=O)N[C@H]1C(OCCOCCNC(=O)C(CCC(=O)NCCOCCOC2O[C@H](CCO)[C@H](O)[C@H](O)[C@H]2NC(C)=O)NC(=O)CCC(NC(=O)C2CCC(OC(C)(C)C)CC2)C(=O)NCCOCCOC2O[C@H](CCO)[C@H](O)[C@H](O)[C@H]2NC(C)=O)O[C@H](CO)[C@H](O)[C@@H]1O. The predicted molar refractivity (Wildman–Crippen MR) is 324 cm³/mol. The number of aliphatic hydroxyl groups excluding tert-OH is 9. The fraction of sp³-hybridized carbons (Fsp3) is 0.864. The molecule has 4 aliphatic rings. The van der Waals surface area contributed by atoms with Crippen LogP contribution in [-0.2, 0) is 85.7 Å². The van der Waals surface area contributed by atoms with Crippen LogP contribution in [0.1, 0.15) is 106 Å². The largest absolute Gasteiger partial charge is 0.396 e. The molecule has 4 rings (SSSR count). The van der Waals surface area contributed by atoms with Gasteiger partial charge in [-0.3, -0.25) is 38.4 Å². The summed E-state index contributed by atoms with van der Waals surface area (Å²) < 4.78 is 57.1. The van der Waals surface area contributed by atoms with Gasteiger partial charge in [0.15, 0.2) is 18.9 Å². The molecule has 8 amide bonds. The smallest absolute Gasteiger partial charge is 0.242 e. The van der Waals surface area contributed by atoms with Gasteiger partial charge in [-0.15, -0.1) is 0 Å². The number of rotatable bonds is 41. The Morgan fingerprint density at radius 1 is 0.468 bits per heavy atom. The highest BCUT2D eigenvalue weighted by atomic mass is 16.7. The van der Waals surface area contributed by atoms with Crippen LogP contribution in [0.3, 0.4) is 0 Å². The van der Waals surface area contributed by atoms with E-state index >= 15 is 0 Å². The Bertz CT molecular complexity index is 2310. The van der Waals surface area contributed by atoms with E-state index in [2.05, 4.69) is 42.5 Å². The van der Waals surface area contributed by atoms with E-state index < -0.39 is 169 Å². The summed E-state index contributed by atoms with van der Waals surface area (Å²) in [4.78, 5) is 104. The highest BCUT2D eigenvalue weighted by Gasteiger charge is 2.48. The summed E-state index contributed by atoms with van der Waals surface area (Å²) in [5.41, 5.74) is -0.396. The van der Waals surface area contributed by atoms with Crippen LogP contribution in [0.2, 0.25) is 0 Å². The predicted octanol–water partition coefficient (Wildman–Crippen LogP) is -7.05. The van der Waals surface area contributed by atoms with Gasteiger partial charge in [-0.05, 0) is 72.1 Å². The number of amides is 8. The van der Waals surface area contributed by atoms with Crippen LogP contribution in [0.4, 0.5) is 0 Å². The second kappa shape index (κ2) is 42.6. The van der Waals surface area contributed by atoms with E-state index in [1.807, 2.05) is 20.8 Å². The van der Waals surface area contributed by atoms with E-state index in [4.69, 9.17) is 47.4 Å². The van der Waals surface area contributed by atoms with Gasteiger partial charge in [0, 0.05) is 72.4 Å². The second-order valence-electron chi connectivity index (χ2n) is 24.3. The zero-order valence-corrected chi connectivity index (χ0v) is 54.5. The number of ether oxygens (including phenoxy) is 10. The highest BCUT2D eigenvalue weighted by molar-refractivity contribution is 5.90. The van der Waals surface area contributed by atoms with Crippen LogP contribution < -0.4 is 42.5 Å². The number of hydrogen-bond donors (Lipinski definition) is 17. The minimum absolute atomic E-state index is 0.00314. The molecular weight excluding hydrogens is 1250 g/mol. The Kier molecular flexibility index (Phi) is 36.9. The molecule has 1 aliphatic carbocycles. The van der Waals surface area contributed by atoms with Gasteiger partial charge in [-0.2, -0.15) is 0 Å². The van der Waals surface area contributed by atoms with Crippen molar-refractivity contribution in [2.45, 2.75) is 221 Å². The summed E-state index contributed by atoms with van der Waals surface area (Å²) >= 11 is 0. The molecule has 35 nitrogen and oxygen atoms in total. The standard InChI is InChI=1S/C59H104N8O27/c1-32(71)63-44-50(79)47(76)39(15-20-68)91-56(44)88-28-25-85-22-17-60-42(74)13-11-37(54(83)61-18-23-86-27-30-90-58-46(65-34(3)73)52(81)49(78)41(31-70)93-58)66-43(75)14-12-38(67-53(82)35-7-9-36(10-8-35)94-59(4,5)6)55(84)62-19-24-87-26-29-89-57-45(64-33(2)72)51(80)48(77)40(92-57)16-21-69/h35-41,44-52,56-58,68-70,76-81H,7-31H2,1-6H3,(H,60,74)(H,61,83)(H,62,84)(H,63,71)(H,64,72)(H,65,73)(H,66,75)(H,67,82)/t35?,36?,37?,38?,39-,40-,41-,44-,45-,46-,47+,48+,49+,50-,51-,52-,56?,57?,58?/m1/s1. The van der Waals surface area contributed by atoms with Crippen molar-refractivity contribution in [1.29, 1.82) is 0 Å². The van der Waals surface area contributed by atoms with Gasteiger partial charge in [0.05, 0.1) is 90.0 Å². The van der Waals surface area contributed by atoms with Crippen LogP contribution in [0.25, 0.3) is 0 Å². The molecule has 17 N–H and O–H groups in total. The van der Waals surface area contributed by atoms with Gasteiger partial charge in [0.2, 0.25) is 47.3 Å². The lowest BCUT2D eigenvalue weighted by Crippen LogP contribution is -2.64. The van der Waals surface area contributed by atoms with Crippen molar-refractivity contribution in [3.63, 3.8) is 0 Å². The number of nitrogens with one attached hydrogen (secondary N) is 8. The van der Waals surface area contributed by atoms with Crippen LogP contribution >= 0.6 is 0 Å². The second-order valence-corrected chi connectivity index (χ2v) is 24.3. The molecule has 94 heavy (non-hydrogen) atoms. The van der Waals surface area contributed by atoms with Crippen molar-refractivity contribution in [1.82, 2.24) is 42.5 Å². The van der Waals surface area contributed by atoms with Crippen LogP contribution in [0, 0.1) is 5.92 Å². The van der Waals surface area contributed by atoms with Crippen molar-refractivity contribution >= 4 is 47.3 Å². The molecule has 1 saturated carbocycles. The molecule has 542 valence electrons. The molecule has 3 aliphatic heterocycles. The third-order valence-corrected chi connectivity index (χ3v) is 15.6. The summed E-state index contributed by atoms with van der Waals surface area (Å²) in [7, 11) is 0. The third kappa shape index (κ3) is 28.6. The molecule has 0 spiro atoms. The van der Waals surface area contributed by atoms with Crippen LogP contribution in [0.5, 0.6) is 0 Å². The molecule has 0 bridgehead atoms. The Balaban J connectivity index is 1.36. The Morgan fingerprint density at radius 3 is 1.22 bits per heavy atom. The average Bonchev–Trinajstić information content (AvgIpc) is 0.831. The summed E-state index contributed by atoms with van der Waals surface area (Å²) in [6, 6.07) is -6.03. The molecule has 5 unspecified atom stereocenters. The van der Waals surface area contributed by atoms with E-state index in [9.17, 15) is 84.3 Å². The summed E-state index contributed by atoms with van der Waals surface area (Å²) in [5, 5.41) is 112. The van der Waals surface area contributed by atoms with Gasteiger partial charge in [-0.25, -0.2) is 0 Å². The van der Waals surface area contributed by atoms with Gasteiger partial charge >= 0.3 is 0 Å². The number of carbonyl (C=O) groups excluding carboxylic acids is 8. The van der Waals surface area contributed by atoms with Gasteiger partial charge < -0.3 is 136 Å². The molecular formula is C59H104N8O27. The molecule has 0 aromatic carbocycles. The lowest BCUT2D eigenvalue weighted by Gasteiger charge is -2.42. The maximum absolute atomic E-state index is 13.9. The normalized spacial score (nSPS) is 29.4. The molecule has 3 heterocycles. The fourth-order valence-corrected chi connectivity index (χ4v) is 10.9. The first kappa shape index (κ1) is 81.4. The number of aliphatic hydroxyl groups is 9. The maximum atomic E-state index is 13.9. The first-order chi connectivity index (χ1) is 44.7. The van der Waals surface area contributed by atoms with Crippen LogP contribution in [-0.4, -0.2) is 308 Å². The lowest BCUT2D eigenvalue weighted by molar-refractivity contribution is -0.272. The van der Waals surface area contributed by atoms with Crippen molar-refractivity contribution in [3.8, 4) is 0 Å². The minimum atomic E-state index is -1.53. The van der Waals surface area contributed by atoms with Crippen molar-refractivity contribution in [2.75, 3.05) is 98.9 Å². The van der Waals surface area contributed by atoms with Crippen molar-refractivity contribution in [2.24, 2.45) is 5.92 Å². The third-order valence-electron chi connectivity index (χ3n) is 15.6. The minimum Gasteiger partial charge on any atom is -0.396 e. The molecule has 35 heteroatoms. The van der Waals surface area contributed by atoms with E-state index in [0.717, 1.165) is 0 Å². The summed E-state index contributed by atoms with van der Waals surface area (Å²) in [6.07, 6.45) is -14.7. The van der Waals surface area contributed by atoms with E-state index in [0.29, 0.717) is 25.7 Å². The Labute approximate surface area is 546 Å². The van der Waals surface area contributed by atoms with Crippen molar-refractivity contribution in [3.05, 3.63) is 0 Å². The summed E-state index contributed by atoms with van der Waals surface area (Å²) in [6.45, 7) is 7.18. The molecule has 17 atom stereocenters. The lowest BCUT2D eigenvalue weighted by atomic mass is 9.86. The first-order valence-electron chi connectivity index (χ1n) is 32.0. The van der Waals surface area contributed by atoms with E-state index in [1.165, 1.54) is 20.8 Å². The first-order valence-corrected chi connectivity index (χ1v) is 32.0. The van der Waals surface area contributed by atoms with Gasteiger partial charge in [0.25, 0.3) is 0 Å². The maximum Gasteiger partial charge on any atom is 0.242 e. The molecule has 0 aromatic heterocycles. The van der Waals surface area contributed by atoms with Gasteiger partial charge in [-0.1, -0.05) is 0 Å². The number of carbonyl (C=O) groups is 8. The number of hydrogen-bond acceptors (Lipinski definition) is 27. The topological polar surface area (TPSA) is 507 Å². The van der Waals surface area contributed by atoms with E-state index in [1.54, 1.807) is 0 Å². The van der Waals surface area contributed by atoms with Crippen LogP contribution in [0.15, 0.2) is 0 Å². The zero-order valence-electron chi connectivity index (χ0n) is 54.5. The molecule has 4 fully saturated rings. The fourth-order valence-electron chi connectivity index (χ4n) is 10.9. The Hall–Kier alpha value is -5.00. The quantitative estimate of drug-likeness (QED) is 0.0253.